The number of hydrogen-bond acceptors (Lipinski definition) is 3. The third kappa shape index (κ3) is 3.22. The zero-order valence-corrected chi connectivity index (χ0v) is 12.7. The molecule has 3 nitrogen and oxygen atoms in total. The van der Waals surface area contributed by atoms with Crippen molar-refractivity contribution in [2.45, 2.75) is 13.0 Å². The standard InChI is InChI=1S/C18H21FN2O/c1-14(15-2-4-16(19)5-3-15)20-10-12-21(13-11-20)17-6-8-18(22)9-7-17/h2-9,14,22H,10-13H2,1H3/t14-/m1/s1. The van der Waals surface area contributed by atoms with Gasteiger partial charge in [0.1, 0.15) is 11.6 Å². The molecule has 1 aliphatic rings. The zero-order valence-electron chi connectivity index (χ0n) is 12.7. The molecular weight excluding hydrogens is 279 g/mol. The molecule has 0 unspecified atom stereocenters. The maximum atomic E-state index is 13.0. The van der Waals surface area contributed by atoms with E-state index in [4.69, 9.17) is 0 Å². The smallest absolute Gasteiger partial charge is 0.123 e. The lowest BCUT2D eigenvalue weighted by molar-refractivity contribution is 0.198. The molecule has 22 heavy (non-hydrogen) atoms. The molecule has 0 aliphatic carbocycles. The van der Waals surface area contributed by atoms with Crippen molar-refractivity contribution in [1.82, 2.24) is 4.90 Å². The SMILES string of the molecule is C[C@H](c1ccc(F)cc1)N1CCN(c2ccc(O)cc2)CC1. The Labute approximate surface area is 130 Å². The van der Waals surface area contributed by atoms with Gasteiger partial charge >= 0.3 is 0 Å². The molecule has 1 atom stereocenters. The predicted molar refractivity (Wildman–Crippen MR) is 86.7 cm³/mol. The summed E-state index contributed by atoms with van der Waals surface area (Å²) in [7, 11) is 0. The van der Waals surface area contributed by atoms with Crippen LogP contribution in [0.2, 0.25) is 0 Å². The topological polar surface area (TPSA) is 26.7 Å². The van der Waals surface area contributed by atoms with E-state index in [2.05, 4.69) is 16.7 Å². The third-order valence-electron chi connectivity index (χ3n) is 4.43. The summed E-state index contributed by atoms with van der Waals surface area (Å²) in [6, 6.07) is 14.4. The van der Waals surface area contributed by atoms with Crippen LogP contribution < -0.4 is 4.90 Å². The number of phenolic OH excluding ortho intramolecular Hbond substituents is 1. The molecule has 0 bridgehead atoms. The van der Waals surface area contributed by atoms with E-state index < -0.39 is 0 Å². The second kappa shape index (κ2) is 6.36. The monoisotopic (exact) mass is 300 g/mol. The minimum absolute atomic E-state index is 0.187. The summed E-state index contributed by atoms with van der Waals surface area (Å²) < 4.78 is 13.0. The van der Waals surface area contributed by atoms with Gasteiger partial charge < -0.3 is 10.0 Å². The zero-order chi connectivity index (χ0) is 15.5. The molecule has 4 heteroatoms. The maximum absolute atomic E-state index is 13.0. The first-order chi connectivity index (χ1) is 10.6. The van der Waals surface area contributed by atoms with Gasteiger partial charge in [-0.1, -0.05) is 12.1 Å². The van der Waals surface area contributed by atoms with Crippen molar-refractivity contribution in [3.05, 3.63) is 59.9 Å². The van der Waals surface area contributed by atoms with Crippen molar-refractivity contribution in [2.24, 2.45) is 0 Å². The number of piperazine rings is 1. The van der Waals surface area contributed by atoms with Gasteiger partial charge in [0.05, 0.1) is 0 Å². The van der Waals surface area contributed by atoms with E-state index in [0.717, 1.165) is 37.4 Å². The van der Waals surface area contributed by atoms with Gasteiger partial charge in [-0.2, -0.15) is 0 Å². The number of hydrogen-bond donors (Lipinski definition) is 1. The molecule has 1 saturated heterocycles. The average molecular weight is 300 g/mol. The van der Waals surface area contributed by atoms with Crippen molar-refractivity contribution >= 4 is 5.69 Å². The molecule has 1 heterocycles. The van der Waals surface area contributed by atoms with Crippen LogP contribution in [0.25, 0.3) is 0 Å². The Morgan fingerprint density at radius 3 is 2.09 bits per heavy atom. The number of anilines is 1. The van der Waals surface area contributed by atoms with Crippen LogP contribution in [-0.4, -0.2) is 36.2 Å². The summed E-state index contributed by atoms with van der Waals surface area (Å²) >= 11 is 0. The highest BCUT2D eigenvalue weighted by atomic mass is 19.1. The molecule has 0 saturated carbocycles. The van der Waals surface area contributed by atoms with E-state index in [-0.39, 0.29) is 5.82 Å². The van der Waals surface area contributed by atoms with Crippen LogP contribution in [0.15, 0.2) is 48.5 Å². The highest BCUT2D eigenvalue weighted by Gasteiger charge is 2.22. The van der Waals surface area contributed by atoms with Gasteiger partial charge in [-0.05, 0) is 48.9 Å². The van der Waals surface area contributed by atoms with Gasteiger partial charge in [0, 0.05) is 37.9 Å². The van der Waals surface area contributed by atoms with E-state index in [1.54, 1.807) is 12.1 Å². The minimum Gasteiger partial charge on any atom is -0.508 e. The summed E-state index contributed by atoms with van der Waals surface area (Å²) in [5.74, 6) is 0.111. The minimum atomic E-state index is -0.187. The molecule has 0 aromatic heterocycles. The molecule has 116 valence electrons. The molecule has 0 radical (unpaired) electrons. The number of nitrogens with zero attached hydrogens (tertiary/aromatic N) is 2. The summed E-state index contributed by atoms with van der Waals surface area (Å²) in [4.78, 5) is 4.75. The van der Waals surface area contributed by atoms with Gasteiger partial charge in [0.25, 0.3) is 0 Å². The van der Waals surface area contributed by atoms with Crippen LogP contribution in [0.4, 0.5) is 10.1 Å². The molecular formula is C18H21FN2O. The number of aromatic hydroxyl groups is 1. The van der Waals surface area contributed by atoms with E-state index in [9.17, 15) is 9.50 Å². The summed E-state index contributed by atoms with van der Waals surface area (Å²) in [5, 5.41) is 9.36. The van der Waals surface area contributed by atoms with E-state index in [0.29, 0.717) is 11.8 Å². The van der Waals surface area contributed by atoms with Crippen molar-refractivity contribution in [3.63, 3.8) is 0 Å². The second-order valence-corrected chi connectivity index (χ2v) is 5.77. The average Bonchev–Trinajstić information content (AvgIpc) is 2.56. The first kappa shape index (κ1) is 14.9. The van der Waals surface area contributed by atoms with Gasteiger partial charge in [-0.3, -0.25) is 4.90 Å². The van der Waals surface area contributed by atoms with Gasteiger partial charge in [0.2, 0.25) is 0 Å². The second-order valence-electron chi connectivity index (χ2n) is 5.77. The lowest BCUT2D eigenvalue weighted by atomic mass is 10.1. The lowest BCUT2D eigenvalue weighted by Gasteiger charge is -2.39. The molecule has 1 fully saturated rings. The van der Waals surface area contributed by atoms with Crippen LogP contribution in [0.5, 0.6) is 5.75 Å². The van der Waals surface area contributed by atoms with E-state index in [1.165, 1.54) is 12.1 Å². The number of phenols is 1. The van der Waals surface area contributed by atoms with E-state index in [1.807, 2.05) is 24.3 Å². The Kier molecular flexibility index (Phi) is 4.29. The summed E-state index contributed by atoms with van der Waals surface area (Å²) in [6.45, 7) is 6.02. The molecule has 1 aliphatic heterocycles. The largest absolute Gasteiger partial charge is 0.508 e. The van der Waals surface area contributed by atoms with Crippen LogP contribution in [0.3, 0.4) is 0 Å². The molecule has 1 N–H and O–H groups in total. The molecule has 3 rings (SSSR count). The summed E-state index contributed by atoms with van der Waals surface area (Å²) in [6.07, 6.45) is 0. The lowest BCUT2D eigenvalue weighted by Crippen LogP contribution is -2.47. The Hall–Kier alpha value is -2.07. The molecule has 2 aromatic carbocycles. The predicted octanol–water partition coefficient (Wildman–Crippen LogP) is 3.41. The van der Waals surface area contributed by atoms with Crippen molar-refractivity contribution in [3.8, 4) is 5.75 Å². The first-order valence-electron chi connectivity index (χ1n) is 7.67. The highest BCUT2D eigenvalue weighted by molar-refractivity contribution is 5.49. The number of rotatable bonds is 3. The Morgan fingerprint density at radius 2 is 1.50 bits per heavy atom. The Bertz CT molecular complexity index is 604. The maximum Gasteiger partial charge on any atom is 0.123 e. The fourth-order valence-electron chi connectivity index (χ4n) is 2.98. The fourth-order valence-corrected chi connectivity index (χ4v) is 2.98. The van der Waals surface area contributed by atoms with Gasteiger partial charge in [0.15, 0.2) is 0 Å². The fraction of sp³-hybridized carbons (Fsp3) is 0.333. The van der Waals surface area contributed by atoms with Crippen LogP contribution in [0, 0.1) is 5.82 Å². The van der Waals surface area contributed by atoms with Crippen LogP contribution in [-0.2, 0) is 0 Å². The van der Waals surface area contributed by atoms with Crippen molar-refractivity contribution in [1.29, 1.82) is 0 Å². The van der Waals surface area contributed by atoms with Crippen LogP contribution >= 0.6 is 0 Å². The normalized spacial score (nSPS) is 17.5. The quantitative estimate of drug-likeness (QED) is 0.941. The van der Waals surface area contributed by atoms with Crippen molar-refractivity contribution in [2.75, 3.05) is 31.1 Å². The van der Waals surface area contributed by atoms with Crippen LogP contribution in [0.1, 0.15) is 18.5 Å². The Balaban J connectivity index is 1.61. The van der Waals surface area contributed by atoms with Gasteiger partial charge in [-0.15, -0.1) is 0 Å². The van der Waals surface area contributed by atoms with Crippen molar-refractivity contribution < 1.29 is 9.50 Å². The third-order valence-corrected chi connectivity index (χ3v) is 4.43. The highest BCUT2D eigenvalue weighted by Crippen LogP contribution is 2.24. The first-order valence-corrected chi connectivity index (χ1v) is 7.67. The van der Waals surface area contributed by atoms with Gasteiger partial charge in [-0.25, -0.2) is 4.39 Å². The summed E-state index contributed by atoms with van der Waals surface area (Å²) in [5.41, 5.74) is 2.30. The number of benzene rings is 2. The number of halogens is 1. The Morgan fingerprint density at radius 1 is 0.909 bits per heavy atom. The molecule has 0 amide bonds. The van der Waals surface area contributed by atoms with E-state index >= 15 is 0 Å². The molecule has 2 aromatic rings. The molecule has 0 spiro atoms.